The van der Waals surface area contributed by atoms with Gasteiger partial charge in [0.25, 0.3) is 0 Å². The van der Waals surface area contributed by atoms with E-state index in [1.165, 1.54) is 0 Å². The van der Waals surface area contributed by atoms with E-state index < -0.39 is 8.13 Å². The number of nitriles is 1. The minimum Gasteiger partial charge on any atom is -0.288 e. The van der Waals surface area contributed by atoms with Gasteiger partial charge in [0.15, 0.2) is 12.0 Å². The Labute approximate surface area is 105 Å². The van der Waals surface area contributed by atoms with Crippen molar-refractivity contribution in [1.82, 2.24) is 10.3 Å². The molecule has 0 amide bonds. The van der Waals surface area contributed by atoms with Crippen LogP contribution in [-0.2, 0) is 0 Å². The third-order valence-electron chi connectivity index (χ3n) is 1.43. The van der Waals surface area contributed by atoms with Crippen LogP contribution in [0.25, 0.3) is 0 Å². The number of hydrogen-bond donors (Lipinski definition) is 1. The summed E-state index contributed by atoms with van der Waals surface area (Å²) in [6.45, 7) is 0.147. The summed E-state index contributed by atoms with van der Waals surface area (Å²) in [5.41, 5.74) is 2.50. The zero-order chi connectivity index (χ0) is 11.0. The standard InChI is InChI=1S/C5H3Cl5N4/c6-4(7,5(8,9)10)3-13-12-2-14(3)1-11/h12H,2H2. The van der Waals surface area contributed by atoms with Crippen molar-refractivity contribution in [3.05, 3.63) is 0 Å². The highest BCUT2D eigenvalue weighted by atomic mass is 35.6. The molecule has 0 aliphatic carbocycles. The fourth-order valence-corrected chi connectivity index (χ4v) is 1.31. The number of rotatable bonds is 1. The predicted molar refractivity (Wildman–Crippen MR) is 57.6 cm³/mol. The molecule has 0 saturated heterocycles. The normalized spacial score (nSPS) is 17.4. The van der Waals surface area contributed by atoms with Gasteiger partial charge in [-0.15, -0.1) is 0 Å². The van der Waals surface area contributed by atoms with Gasteiger partial charge in [-0.25, -0.2) is 4.90 Å². The molecule has 1 aliphatic rings. The molecule has 78 valence electrons. The summed E-state index contributed by atoms with van der Waals surface area (Å²) >= 11 is 28.2. The van der Waals surface area contributed by atoms with Crippen molar-refractivity contribution in [3.8, 4) is 6.19 Å². The van der Waals surface area contributed by atoms with E-state index in [0.29, 0.717) is 0 Å². The molecular weight excluding hydrogens is 293 g/mol. The van der Waals surface area contributed by atoms with Crippen molar-refractivity contribution in [3.63, 3.8) is 0 Å². The highest BCUT2D eigenvalue weighted by molar-refractivity contribution is 6.79. The predicted octanol–water partition coefficient (Wildman–Crippen LogP) is 2.19. The lowest BCUT2D eigenvalue weighted by Crippen LogP contribution is -2.45. The van der Waals surface area contributed by atoms with E-state index in [2.05, 4.69) is 10.5 Å². The number of hydrogen-bond acceptors (Lipinski definition) is 4. The average molecular weight is 296 g/mol. The Morgan fingerprint density at radius 2 is 1.93 bits per heavy atom. The summed E-state index contributed by atoms with van der Waals surface area (Å²) in [4.78, 5) is 1.09. The highest BCUT2D eigenvalue weighted by Crippen LogP contribution is 2.47. The molecule has 1 aliphatic heterocycles. The smallest absolute Gasteiger partial charge is 0.230 e. The van der Waals surface area contributed by atoms with Crippen molar-refractivity contribution in [2.24, 2.45) is 5.10 Å². The second-order valence-corrected chi connectivity index (χ2v) is 5.96. The summed E-state index contributed by atoms with van der Waals surface area (Å²) < 4.78 is -3.85. The Morgan fingerprint density at radius 1 is 1.36 bits per heavy atom. The van der Waals surface area contributed by atoms with Crippen LogP contribution in [0.1, 0.15) is 0 Å². The van der Waals surface area contributed by atoms with Crippen molar-refractivity contribution >= 4 is 63.8 Å². The van der Waals surface area contributed by atoms with Gasteiger partial charge in [0.2, 0.25) is 8.13 Å². The molecule has 0 fully saturated rings. The molecule has 0 atom stereocenters. The molecular formula is C5H3Cl5N4. The lowest BCUT2D eigenvalue weighted by molar-refractivity contribution is 0.557. The third kappa shape index (κ3) is 2.07. The maximum Gasteiger partial charge on any atom is 0.230 e. The van der Waals surface area contributed by atoms with Gasteiger partial charge in [0, 0.05) is 0 Å². The van der Waals surface area contributed by atoms with E-state index in [-0.39, 0.29) is 12.5 Å². The lowest BCUT2D eigenvalue weighted by Gasteiger charge is -2.28. The molecule has 0 bridgehead atoms. The van der Waals surface area contributed by atoms with Crippen LogP contribution in [0.15, 0.2) is 5.10 Å². The summed E-state index contributed by atoms with van der Waals surface area (Å²) in [6, 6.07) is 0. The van der Waals surface area contributed by atoms with Gasteiger partial charge in [-0.3, -0.25) is 5.43 Å². The summed E-state index contributed by atoms with van der Waals surface area (Å²) in [5.74, 6) is -0.0386. The number of halogens is 5. The molecule has 0 spiro atoms. The lowest BCUT2D eigenvalue weighted by atomic mass is 10.4. The van der Waals surface area contributed by atoms with Crippen LogP contribution in [0.3, 0.4) is 0 Å². The first-order valence-corrected chi connectivity index (χ1v) is 5.12. The Morgan fingerprint density at radius 3 is 2.36 bits per heavy atom. The summed E-state index contributed by atoms with van der Waals surface area (Å²) in [7, 11) is 0. The van der Waals surface area contributed by atoms with Crippen LogP contribution in [0.5, 0.6) is 0 Å². The monoisotopic (exact) mass is 294 g/mol. The second-order valence-electron chi connectivity index (χ2n) is 2.35. The van der Waals surface area contributed by atoms with Crippen LogP contribution < -0.4 is 5.43 Å². The molecule has 0 aromatic heterocycles. The first kappa shape index (κ1) is 12.3. The highest BCUT2D eigenvalue weighted by Gasteiger charge is 2.53. The number of nitrogens with one attached hydrogen (secondary N) is 1. The molecule has 0 radical (unpaired) electrons. The maximum atomic E-state index is 8.67. The van der Waals surface area contributed by atoms with E-state index in [0.717, 1.165) is 4.90 Å². The van der Waals surface area contributed by atoms with E-state index in [4.69, 9.17) is 63.3 Å². The van der Waals surface area contributed by atoms with Crippen LogP contribution in [0, 0.1) is 11.5 Å². The van der Waals surface area contributed by atoms with Gasteiger partial charge >= 0.3 is 0 Å². The van der Waals surface area contributed by atoms with Crippen molar-refractivity contribution in [2.75, 3.05) is 6.67 Å². The minimum atomic E-state index is -1.98. The topological polar surface area (TPSA) is 51.4 Å². The van der Waals surface area contributed by atoms with Crippen LogP contribution >= 0.6 is 58.0 Å². The fourth-order valence-electron chi connectivity index (χ4n) is 0.765. The maximum absolute atomic E-state index is 8.67. The number of alkyl halides is 5. The molecule has 0 aromatic carbocycles. The molecule has 9 heteroatoms. The van der Waals surface area contributed by atoms with Gasteiger partial charge in [-0.1, -0.05) is 58.0 Å². The first-order valence-electron chi connectivity index (χ1n) is 3.23. The Kier molecular flexibility index (Phi) is 3.50. The number of nitrogens with zero attached hydrogens (tertiary/aromatic N) is 3. The Balaban J connectivity index is 3.00. The van der Waals surface area contributed by atoms with E-state index in [9.17, 15) is 0 Å². The summed E-state index contributed by atoms with van der Waals surface area (Å²) in [5, 5.41) is 12.4. The third-order valence-corrected chi connectivity index (χ3v) is 3.76. The zero-order valence-electron chi connectivity index (χ0n) is 6.44. The molecule has 0 saturated carbocycles. The van der Waals surface area contributed by atoms with Crippen molar-refractivity contribution < 1.29 is 0 Å². The van der Waals surface area contributed by atoms with E-state index >= 15 is 0 Å². The fraction of sp³-hybridized carbons (Fsp3) is 0.600. The van der Waals surface area contributed by atoms with Crippen LogP contribution in [-0.4, -0.2) is 25.5 Å². The van der Waals surface area contributed by atoms with Crippen molar-refractivity contribution in [1.29, 1.82) is 5.26 Å². The summed E-state index contributed by atoms with van der Waals surface area (Å²) in [6.07, 6.45) is 1.79. The number of hydrazone groups is 1. The minimum absolute atomic E-state index is 0.0386. The quantitative estimate of drug-likeness (QED) is 0.596. The molecule has 1 heterocycles. The zero-order valence-corrected chi connectivity index (χ0v) is 10.2. The van der Waals surface area contributed by atoms with Crippen LogP contribution in [0.4, 0.5) is 0 Å². The van der Waals surface area contributed by atoms with Gasteiger partial charge in [-0.05, 0) is 0 Å². The van der Waals surface area contributed by atoms with E-state index in [1.807, 2.05) is 0 Å². The van der Waals surface area contributed by atoms with E-state index in [1.54, 1.807) is 6.19 Å². The van der Waals surface area contributed by atoms with Crippen LogP contribution in [0.2, 0.25) is 0 Å². The SMILES string of the molecule is N#CN1CNN=C1C(Cl)(Cl)C(Cl)(Cl)Cl. The van der Waals surface area contributed by atoms with Gasteiger partial charge in [-0.2, -0.15) is 10.4 Å². The van der Waals surface area contributed by atoms with Gasteiger partial charge in [0.1, 0.15) is 6.67 Å². The molecule has 1 N–H and O–H groups in total. The van der Waals surface area contributed by atoms with Crippen molar-refractivity contribution in [2.45, 2.75) is 8.13 Å². The first-order chi connectivity index (χ1) is 6.30. The molecule has 0 unspecified atom stereocenters. The average Bonchev–Trinajstić information content (AvgIpc) is 2.49. The largest absolute Gasteiger partial charge is 0.288 e. The van der Waals surface area contributed by atoms with Gasteiger partial charge < -0.3 is 0 Å². The second kappa shape index (κ2) is 3.99. The number of amidine groups is 1. The van der Waals surface area contributed by atoms with Gasteiger partial charge in [0.05, 0.1) is 0 Å². The molecule has 14 heavy (non-hydrogen) atoms. The molecule has 0 aromatic rings. The molecule has 4 nitrogen and oxygen atoms in total. The Bertz CT molecular complexity index is 300. The molecule has 1 rings (SSSR count). The Hall–Kier alpha value is 0.210.